The first kappa shape index (κ1) is 6.96. The normalized spacial score (nSPS) is 7.50. The van der Waals surface area contributed by atoms with E-state index in [0.717, 1.165) is 6.42 Å². The van der Waals surface area contributed by atoms with E-state index in [1.807, 2.05) is 0 Å². The number of esters is 1. The van der Waals surface area contributed by atoms with Crippen LogP contribution in [0.4, 0.5) is 0 Å². The fourth-order valence-electron chi connectivity index (χ4n) is 0.237. The van der Waals surface area contributed by atoms with Crippen LogP contribution >= 0.6 is 0 Å². The summed E-state index contributed by atoms with van der Waals surface area (Å²) in [5.74, 6) is -0.574. The van der Waals surface area contributed by atoms with E-state index in [9.17, 15) is 4.79 Å². The highest BCUT2D eigenvalue weighted by Gasteiger charge is 1.97. The van der Waals surface area contributed by atoms with Crippen LogP contribution in [-0.4, -0.2) is 12.6 Å². The number of hydrogen-bond donors (Lipinski definition) is 0. The molecular formula is C5H6NO2. The lowest BCUT2D eigenvalue weighted by Gasteiger charge is -1.92. The highest BCUT2D eigenvalue weighted by molar-refractivity contribution is 5.82. The molecule has 0 heterocycles. The van der Waals surface area contributed by atoms with Gasteiger partial charge in [-0.1, -0.05) is 0 Å². The lowest BCUT2D eigenvalue weighted by atomic mass is 10.5. The van der Waals surface area contributed by atoms with Crippen molar-refractivity contribution in [2.45, 2.75) is 6.92 Å². The Morgan fingerprint density at radius 3 is 3.00 bits per heavy atom. The molecule has 0 spiro atoms. The lowest BCUT2D eigenvalue weighted by molar-refractivity contribution is -0.138. The van der Waals surface area contributed by atoms with Gasteiger partial charge in [0.1, 0.15) is 0 Å². The molecule has 8 heavy (non-hydrogen) atoms. The summed E-state index contributed by atoms with van der Waals surface area (Å²) in [7, 11) is 0. The van der Waals surface area contributed by atoms with Crippen LogP contribution in [0.5, 0.6) is 0 Å². The summed E-state index contributed by atoms with van der Waals surface area (Å²) in [6.45, 7) is 2.00. The highest BCUT2D eigenvalue weighted by atomic mass is 16.5. The molecule has 0 N–H and O–H groups in total. The maximum Gasteiger partial charge on any atom is 0.325 e. The van der Waals surface area contributed by atoms with Crippen LogP contribution in [0.1, 0.15) is 6.92 Å². The molecule has 43 valence electrons. The first-order valence-electron chi connectivity index (χ1n) is 2.20. The highest BCUT2D eigenvalue weighted by Crippen LogP contribution is 1.79. The number of ether oxygens (including phenoxy) is 1. The van der Waals surface area contributed by atoms with Gasteiger partial charge < -0.3 is 4.74 Å². The molecule has 1 radical (unpaired) electrons. The SMILES string of the molecule is CCOC(=O)[CH]C#N. The standard InChI is InChI=1S/C5H6NO2/c1-2-8-5(7)3-4-6/h3H,2H2,1H3. The molecular weight excluding hydrogens is 106 g/mol. The molecule has 0 aromatic heterocycles. The number of carbonyl (C=O) groups is 1. The monoisotopic (exact) mass is 112 g/mol. The number of rotatable bonds is 2. The first-order valence-corrected chi connectivity index (χ1v) is 2.20. The summed E-state index contributed by atoms with van der Waals surface area (Å²) in [4.78, 5) is 10.1. The molecule has 0 saturated carbocycles. The van der Waals surface area contributed by atoms with Crippen molar-refractivity contribution in [1.29, 1.82) is 5.26 Å². The average molecular weight is 112 g/mol. The van der Waals surface area contributed by atoms with Crippen LogP contribution in [0.3, 0.4) is 0 Å². The van der Waals surface area contributed by atoms with E-state index in [0.29, 0.717) is 6.61 Å². The summed E-state index contributed by atoms with van der Waals surface area (Å²) >= 11 is 0. The Balaban J connectivity index is 3.23. The van der Waals surface area contributed by atoms with E-state index in [4.69, 9.17) is 5.26 Å². The van der Waals surface area contributed by atoms with E-state index in [1.165, 1.54) is 0 Å². The average Bonchev–Trinajstić information content (AvgIpc) is 1.68. The molecule has 0 aliphatic heterocycles. The summed E-state index contributed by atoms with van der Waals surface area (Å²) in [5.41, 5.74) is 0. The maximum atomic E-state index is 10.1. The zero-order valence-corrected chi connectivity index (χ0v) is 4.55. The smallest absolute Gasteiger partial charge is 0.325 e. The molecule has 0 amide bonds. The Hall–Kier alpha value is -1.04. The van der Waals surface area contributed by atoms with Crippen LogP contribution in [0.15, 0.2) is 0 Å². The van der Waals surface area contributed by atoms with E-state index in [-0.39, 0.29) is 0 Å². The van der Waals surface area contributed by atoms with Crippen LogP contribution in [0.25, 0.3) is 0 Å². The van der Waals surface area contributed by atoms with Gasteiger partial charge in [0.2, 0.25) is 0 Å². The van der Waals surface area contributed by atoms with Gasteiger partial charge in [-0.3, -0.25) is 4.79 Å². The van der Waals surface area contributed by atoms with Gasteiger partial charge in [0.15, 0.2) is 6.42 Å². The fourth-order valence-corrected chi connectivity index (χ4v) is 0.237. The van der Waals surface area contributed by atoms with Gasteiger partial charge in [0.05, 0.1) is 12.7 Å². The Kier molecular flexibility index (Phi) is 3.59. The Morgan fingerprint density at radius 2 is 2.62 bits per heavy atom. The number of carbonyl (C=O) groups excluding carboxylic acids is 1. The number of hydrogen-bond acceptors (Lipinski definition) is 3. The van der Waals surface area contributed by atoms with Crippen molar-refractivity contribution in [3.05, 3.63) is 6.42 Å². The van der Waals surface area contributed by atoms with E-state index in [1.54, 1.807) is 13.0 Å². The molecule has 0 bridgehead atoms. The minimum Gasteiger partial charge on any atom is -0.465 e. The summed E-state index contributed by atoms with van der Waals surface area (Å²) < 4.78 is 4.37. The number of nitriles is 1. The summed E-state index contributed by atoms with van der Waals surface area (Å²) in [5, 5.41) is 7.86. The van der Waals surface area contributed by atoms with Gasteiger partial charge in [-0.25, -0.2) is 0 Å². The van der Waals surface area contributed by atoms with Crippen molar-refractivity contribution in [3.8, 4) is 6.07 Å². The third-order valence-corrected chi connectivity index (χ3v) is 0.469. The molecule has 0 aliphatic rings. The molecule has 0 fully saturated rings. The Labute approximate surface area is 47.9 Å². The Bertz CT molecular complexity index is 114. The van der Waals surface area contributed by atoms with Crippen molar-refractivity contribution in [2.24, 2.45) is 0 Å². The van der Waals surface area contributed by atoms with Crippen molar-refractivity contribution in [3.63, 3.8) is 0 Å². The molecule has 0 aliphatic carbocycles. The second kappa shape index (κ2) is 4.13. The van der Waals surface area contributed by atoms with Crippen molar-refractivity contribution in [1.82, 2.24) is 0 Å². The van der Waals surface area contributed by atoms with E-state index >= 15 is 0 Å². The largest absolute Gasteiger partial charge is 0.465 e. The van der Waals surface area contributed by atoms with Crippen molar-refractivity contribution >= 4 is 5.97 Å². The minimum absolute atomic E-state index is 0.316. The molecule has 0 atom stereocenters. The quantitative estimate of drug-likeness (QED) is 0.482. The predicted octanol–water partition coefficient (Wildman–Crippen LogP) is 0.277. The van der Waals surface area contributed by atoms with Crippen molar-refractivity contribution in [2.75, 3.05) is 6.61 Å². The predicted molar refractivity (Wildman–Crippen MR) is 26.5 cm³/mol. The van der Waals surface area contributed by atoms with Crippen LogP contribution in [0, 0.1) is 17.8 Å². The van der Waals surface area contributed by atoms with E-state index in [2.05, 4.69) is 4.74 Å². The van der Waals surface area contributed by atoms with Gasteiger partial charge >= 0.3 is 5.97 Å². The van der Waals surface area contributed by atoms with Gasteiger partial charge in [-0.05, 0) is 6.92 Å². The van der Waals surface area contributed by atoms with Crippen LogP contribution in [0.2, 0.25) is 0 Å². The molecule has 0 aromatic carbocycles. The first-order chi connectivity index (χ1) is 3.81. The van der Waals surface area contributed by atoms with Crippen LogP contribution in [-0.2, 0) is 9.53 Å². The molecule has 0 unspecified atom stereocenters. The zero-order valence-electron chi connectivity index (χ0n) is 4.55. The topological polar surface area (TPSA) is 50.1 Å². The van der Waals surface area contributed by atoms with Gasteiger partial charge in [0.25, 0.3) is 0 Å². The second-order valence-electron chi connectivity index (χ2n) is 1.03. The third-order valence-electron chi connectivity index (χ3n) is 0.469. The molecule has 0 saturated heterocycles. The van der Waals surface area contributed by atoms with Gasteiger partial charge in [-0.2, -0.15) is 5.26 Å². The molecule has 3 nitrogen and oxygen atoms in total. The Morgan fingerprint density at radius 1 is 2.00 bits per heavy atom. The second-order valence-corrected chi connectivity index (χ2v) is 1.03. The minimum atomic E-state index is -0.574. The molecule has 0 aromatic rings. The fraction of sp³-hybridized carbons (Fsp3) is 0.400. The molecule has 0 rings (SSSR count). The lowest BCUT2D eigenvalue weighted by Crippen LogP contribution is -2.02. The van der Waals surface area contributed by atoms with Gasteiger partial charge in [-0.15, -0.1) is 0 Å². The third kappa shape index (κ3) is 3.16. The van der Waals surface area contributed by atoms with Crippen LogP contribution < -0.4 is 0 Å². The summed E-state index contributed by atoms with van der Waals surface area (Å²) in [6.07, 6.45) is 0.823. The molecule has 3 heteroatoms. The van der Waals surface area contributed by atoms with Gasteiger partial charge in [0, 0.05) is 0 Å². The summed E-state index contributed by atoms with van der Waals surface area (Å²) in [6, 6.07) is 1.55. The number of nitrogens with zero attached hydrogens (tertiary/aromatic N) is 1. The maximum absolute atomic E-state index is 10.1. The van der Waals surface area contributed by atoms with E-state index < -0.39 is 5.97 Å². The zero-order chi connectivity index (χ0) is 6.41. The van der Waals surface area contributed by atoms with Crippen molar-refractivity contribution < 1.29 is 9.53 Å².